The van der Waals surface area contributed by atoms with Crippen LogP contribution in [-0.4, -0.2) is 18.0 Å². The molecule has 0 saturated carbocycles. The summed E-state index contributed by atoms with van der Waals surface area (Å²) in [6.45, 7) is 5.58. The summed E-state index contributed by atoms with van der Waals surface area (Å²) in [5, 5.41) is 0. The van der Waals surface area contributed by atoms with Crippen molar-refractivity contribution in [2.24, 2.45) is 5.41 Å². The van der Waals surface area contributed by atoms with E-state index in [9.17, 15) is 14.4 Å². The molecule has 25 heavy (non-hydrogen) atoms. The van der Waals surface area contributed by atoms with Crippen molar-refractivity contribution in [1.29, 1.82) is 0 Å². The van der Waals surface area contributed by atoms with Gasteiger partial charge in [0.1, 0.15) is 0 Å². The molecule has 4 nitrogen and oxygen atoms in total. The Balaban J connectivity index is 2.49. The van der Waals surface area contributed by atoms with Crippen LogP contribution in [0.5, 0.6) is 0 Å². The molecule has 0 radical (unpaired) electrons. The topological polar surface area (TPSA) is 60.4 Å². The first kappa shape index (κ1) is 18.3. The molecule has 2 rings (SSSR count). The molecule has 0 amide bonds. The summed E-state index contributed by atoms with van der Waals surface area (Å²) in [4.78, 5) is 36.4. The van der Waals surface area contributed by atoms with Gasteiger partial charge in [-0.2, -0.15) is 0 Å². The highest BCUT2D eigenvalue weighted by Gasteiger charge is 2.28. The Hall–Kier alpha value is -3.01. The molecule has 0 saturated heterocycles. The number of ether oxygens (including phenoxy) is 1. The molecule has 0 fully saturated rings. The van der Waals surface area contributed by atoms with Crippen LogP contribution in [-0.2, 0) is 9.53 Å². The third-order valence-corrected chi connectivity index (χ3v) is 3.59. The maximum atomic E-state index is 12.9. The normalized spacial score (nSPS) is 11.7. The van der Waals surface area contributed by atoms with Crippen LogP contribution in [0.3, 0.4) is 0 Å². The molecule has 0 heterocycles. The average Bonchev–Trinajstić information content (AvgIpc) is 2.60. The van der Waals surface area contributed by atoms with Crippen molar-refractivity contribution in [3.8, 4) is 0 Å². The molecular formula is C21H20O4. The quantitative estimate of drug-likeness (QED) is 0.341. The third kappa shape index (κ3) is 4.51. The molecule has 0 N–H and O–H groups in total. The molecule has 0 aromatic heterocycles. The van der Waals surface area contributed by atoms with Gasteiger partial charge in [0.15, 0.2) is 11.5 Å². The van der Waals surface area contributed by atoms with E-state index in [1.165, 1.54) is 6.08 Å². The highest BCUT2D eigenvalue weighted by Crippen LogP contribution is 2.25. The van der Waals surface area contributed by atoms with Crippen molar-refractivity contribution in [3.05, 3.63) is 77.0 Å². The van der Waals surface area contributed by atoms with Crippen molar-refractivity contribution in [2.45, 2.75) is 20.8 Å². The zero-order valence-corrected chi connectivity index (χ0v) is 14.5. The molecule has 0 bridgehead atoms. The van der Waals surface area contributed by atoms with Crippen LogP contribution < -0.4 is 0 Å². The Labute approximate surface area is 147 Å². The van der Waals surface area contributed by atoms with Crippen LogP contribution in [0.2, 0.25) is 0 Å². The minimum atomic E-state index is -0.634. The Morgan fingerprint density at radius 1 is 0.880 bits per heavy atom. The SMILES string of the molecule is CC(C)(C)C(=O)c1ccccc1C(=O)C(=Cc1ccccc1)OC=O. The fraction of sp³-hybridized carbons (Fsp3) is 0.190. The lowest BCUT2D eigenvalue weighted by atomic mass is 9.84. The van der Waals surface area contributed by atoms with E-state index in [1.54, 1.807) is 57.2 Å². The van der Waals surface area contributed by atoms with E-state index in [2.05, 4.69) is 0 Å². The Morgan fingerprint density at radius 3 is 2.00 bits per heavy atom. The summed E-state index contributed by atoms with van der Waals surface area (Å²) in [7, 11) is 0. The van der Waals surface area contributed by atoms with Gasteiger partial charge in [0.25, 0.3) is 6.47 Å². The Morgan fingerprint density at radius 2 is 1.44 bits per heavy atom. The van der Waals surface area contributed by atoms with E-state index >= 15 is 0 Å². The molecule has 128 valence electrons. The van der Waals surface area contributed by atoms with Gasteiger partial charge in [0.05, 0.1) is 0 Å². The number of allylic oxidation sites excluding steroid dienone is 1. The van der Waals surface area contributed by atoms with Crippen LogP contribution in [0.1, 0.15) is 47.1 Å². The average molecular weight is 336 g/mol. The largest absolute Gasteiger partial charge is 0.425 e. The van der Waals surface area contributed by atoms with Crippen molar-refractivity contribution < 1.29 is 19.1 Å². The van der Waals surface area contributed by atoms with Crippen molar-refractivity contribution in [1.82, 2.24) is 0 Å². The monoisotopic (exact) mass is 336 g/mol. The van der Waals surface area contributed by atoms with Crippen LogP contribution in [0.15, 0.2) is 60.4 Å². The number of carbonyl (C=O) groups is 3. The number of hydrogen-bond donors (Lipinski definition) is 0. The Bertz CT molecular complexity index is 811. The van der Waals surface area contributed by atoms with Gasteiger partial charge in [-0.3, -0.25) is 14.4 Å². The van der Waals surface area contributed by atoms with Crippen molar-refractivity contribution in [3.63, 3.8) is 0 Å². The van der Waals surface area contributed by atoms with Crippen LogP contribution in [0, 0.1) is 5.41 Å². The second kappa shape index (κ2) is 7.71. The molecule has 0 spiro atoms. The molecule has 0 aliphatic heterocycles. The Kier molecular flexibility index (Phi) is 5.65. The van der Waals surface area contributed by atoms with Gasteiger partial charge in [-0.15, -0.1) is 0 Å². The smallest absolute Gasteiger partial charge is 0.298 e. The van der Waals surface area contributed by atoms with E-state index in [0.29, 0.717) is 11.1 Å². The lowest BCUT2D eigenvalue weighted by Crippen LogP contribution is -2.23. The second-order valence-corrected chi connectivity index (χ2v) is 6.59. The van der Waals surface area contributed by atoms with E-state index < -0.39 is 11.2 Å². The van der Waals surface area contributed by atoms with Gasteiger partial charge >= 0.3 is 0 Å². The van der Waals surface area contributed by atoms with E-state index in [1.807, 2.05) is 18.2 Å². The van der Waals surface area contributed by atoms with Gasteiger partial charge in [-0.05, 0) is 11.6 Å². The summed E-state index contributed by atoms with van der Waals surface area (Å²) in [6.07, 6.45) is 1.48. The highest BCUT2D eigenvalue weighted by atomic mass is 16.5. The zero-order valence-electron chi connectivity index (χ0n) is 14.5. The van der Waals surface area contributed by atoms with E-state index in [-0.39, 0.29) is 23.6 Å². The first-order chi connectivity index (χ1) is 11.8. The van der Waals surface area contributed by atoms with Crippen molar-refractivity contribution >= 4 is 24.1 Å². The summed E-state index contributed by atoms with van der Waals surface area (Å²) in [5.41, 5.74) is 0.609. The maximum Gasteiger partial charge on any atom is 0.298 e. The van der Waals surface area contributed by atoms with Gasteiger partial charge in [-0.1, -0.05) is 75.4 Å². The number of carbonyl (C=O) groups excluding carboxylic acids is 3. The molecule has 0 aliphatic rings. The number of benzene rings is 2. The molecule has 0 aliphatic carbocycles. The molecular weight excluding hydrogens is 316 g/mol. The van der Waals surface area contributed by atoms with Gasteiger partial charge in [0, 0.05) is 16.5 Å². The summed E-state index contributed by atoms with van der Waals surface area (Å²) in [5.74, 6) is -0.791. The molecule has 0 atom stereocenters. The lowest BCUT2D eigenvalue weighted by molar-refractivity contribution is -0.124. The number of rotatable bonds is 6. The zero-order chi connectivity index (χ0) is 18.4. The lowest BCUT2D eigenvalue weighted by Gasteiger charge is -2.18. The van der Waals surface area contributed by atoms with Gasteiger partial charge < -0.3 is 4.74 Å². The summed E-state index contributed by atoms with van der Waals surface area (Å²) < 4.78 is 4.90. The van der Waals surface area contributed by atoms with Gasteiger partial charge in [-0.25, -0.2) is 0 Å². The molecule has 0 unspecified atom stereocenters. The fourth-order valence-electron chi connectivity index (χ4n) is 2.32. The number of ketones is 2. The van der Waals surface area contributed by atoms with E-state index in [0.717, 1.165) is 0 Å². The fourth-order valence-corrected chi connectivity index (χ4v) is 2.32. The van der Waals surface area contributed by atoms with E-state index in [4.69, 9.17) is 4.74 Å². The van der Waals surface area contributed by atoms with Crippen LogP contribution >= 0.6 is 0 Å². The second-order valence-electron chi connectivity index (χ2n) is 6.59. The minimum absolute atomic E-state index is 0.129. The minimum Gasteiger partial charge on any atom is -0.425 e. The van der Waals surface area contributed by atoms with Gasteiger partial charge in [0.2, 0.25) is 5.78 Å². The predicted octanol–water partition coefficient (Wildman–Crippen LogP) is 4.31. The first-order valence-electron chi connectivity index (χ1n) is 7.90. The van der Waals surface area contributed by atoms with Crippen LogP contribution in [0.25, 0.3) is 6.08 Å². The molecule has 2 aromatic carbocycles. The predicted molar refractivity (Wildman–Crippen MR) is 96.1 cm³/mol. The number of hydrogen-bond acceptors (Lipinski definition) is 4. The number of Topliss-reactive ketones (excluding diaryl/α,β-unsaturated/α-hetero) is 2. The molecule has 4 heteroatoms. The summed E-state index contributed by atoms with van der Waals surface area (Å²) >= 11 is 0. The molecule has 2 aromatic rings. The standard InChI is InChI=1S/C21H20O4/c1-21(2,3)20(24)17-12-8-7-11-16(17)19(23)18(25-14-22)13-15-9-5-4-6-10-15/h4-14H,1-3H3. The first-order valence-corrected chi connectivity index (χ1v) is 7.90. The maximum absolute atomic E-state index is 12.9. The highest BCUT2D eigenvalue weighted by molar-refractivity contribution is 6.17. The summed E-state index contributed by atoms with van der Waals surface area (Å²) in [6, 6.07) is 15.6. The van der Waals surface area contributed by atoms with Crippen molar-refractivity contribution in [2.75, 3.05) is 0 Å². The third-order valence-electron chi connectivity index (χ3n) is 3.59. The van der Waals surface area contributed by atoms with Crippen LogP contribution in [0.4, 0.5) is 0 Å².